The van der Waals surface area contributed by atoms with E-state index in [1.54, 1.807) is 0 Å². The Labute approximate surface area is 121 Å². The lowest BCUT2D eigenvalue weighted by Crippen LogP contribution is -2.32. The maximum atomic E-state index is 12.1. The molecule has 0 unspecified atom stereocenters. The number of benzene rings is 1. The molecule has 0 atom stereocenters. The summed E-state index contributed by atoms with van der Waals surface area (Å²) in [5.41, 5.74) is 7.94. The summed E-state index contributed by atoms with van der Waals surface area (Å²) in [5.74, 6) is 1.24. The van der Waals surface area contributed by atoms with E-state index in [4.69, 9.17) is 5.73 Å². The molecule has 3 heteroatoms. The van der Waals surface area contributed by atoms with Crippen molar-refractivity contribution in [1.29, 1.82) is 0 Å². The van der Waals surface area contributed by atoms with Gasteiger partial charge >= 0.3 is 0 Å². The van der Waals surface area contributed by atoms with Gasteiger partial charge in [-0.2, -0.15) is 0 Å². The molecular formula is C17H26N2O. The molecule has 3 N–H and O–H groups in total. The molecule has 1 aromatic rings. The third-order valence-electron chi connectivity index (χ3n) is 4.31. The predicted molar refractivity (Wildman–Crippen MR) is 82.2 cm³/mol. The normalized spacial score (nSPS) is 22.5. The fraction of sp³-hybridized carbons (Fsp3) is 0.588. The van der Waals surface area contributed by atoms with Gasteiger partial charge in [-0.15, -0.1) is 0 Å². The van der Waals surface area contributed by atoms with E-state index in [2.05, 4.69) is 36.5 Å². The first-order valence-corrected chi connectivity index (χ1v) is 7.74. The third kappa shape index (κ3) is 4.34. The largest absolute Gasteiger partial charge is 0.352 e. The van der Waals surface area contributed by atoms with Gasteiger partial charge in [-0.1, -0.05) is 31.2 Å². The molecule has 0 aromatic heterocycles. The average Bonchev–Trinajstić information content (AvgIpc) is 2.47. The first-order valence-electron chi connectivity index (χ1n) is 7.74. The molecule has 1 aliphatic rings. The molecule has 1 amide bonds. The molecule has 0 saturated heterocycles. The van der Waals surface area contributed by atoms with Crippen molar-refractivity contribution in [3.8, 4) is 0 Å². The predicted octanol–water partition coefficient (Wildman–Crippen LogP) is 2.63. The van der Waals surface area contributed by atoms with E-state index >= 15 is 0 Å². The molecule has 0 bridgehead atoms. The second kappa shape index (κ2) is 7.44. The van der Waals surface area contributed by atoms with Gasteiger partial charge in [0.1, 0.15) is 0 Å². The van der Waals surface area contributed by atoms with Crippen molar-refractivity contribution in [2.45, 2.75) is 45.6 Å². The van der Waals surface area contributed by atoms with Crippen LogP contribution in [0.15, 0.2) is 24.3 Å². The van der Waals surface area contributed by atoms with E-state index in [9.17, 15) is 4.79 Å². The van der Waals surface area contributed by atoms with E-state index in [0.717, 1.165) is 30.7 Å². The fourth-order valence-corrected chi connectivity index (χ4v) is 2.85. The summed E-state index contributed by atoms with van der Waals surface area (Å²) in [4.78, 5) is 12.1. The summed E-state index contributed by atoms with van der Waals surface area (Å²) < 4.78 is 0. The van der Waals surface area contributed by atoms with Gasteiger partial charge in [0.2, 0.25) is 5.91 Å². The van der Waals surface area contributed by atoms with Crippen LogP contribution in [0.3, 0.4) is 0 Å². The standard InChI is InChI=1S/C17H26N2O/c1-13-2-8-16(9-3-13)17(20)19-12-15-6-4-14(5-7-15)10-11-18/h4-7,13,16H,2-3,8-12,18H2,1H3,(H,19,20). The quantitative estimate of drug-likeness (QED) is 0.867. The van der Waals surface area contributed by atoms with Crippen molar-refractivity contribution in [2.75, 3.05) is 6.54 Å². The lowest BCUT2D eigenvalue weighted by Gasteiger charge is -2.25. The van der Waals surface area contributed by atoms with Crippen molar-refractivity contribution in [3.63, 3.8) is 0 Å². The van der Waals surface area contributed by atoms with Crippen LogP contribution in [0, 0.1) is 11.8 Å². The van der Waals surface area contributed by atoms with E-state index in [0.29, 0.717) is 13.1 Å². The minimum absolute atomic E-state index is 0.225. The Hall–Kier alpha value is -1.35. The molecule has 0 spiro atoms. The maximum absolute atomic E-state index is 12.1. The Bertz CT molecular complexity index is 419. The summed E-state index contributed by atoms with van der Waals surface area (Å²) in [7, 11) is 0. The molecule has 1 saturated carbocycles. The van der Waals surface area contributed by atoms with Crippen LogP contribution < -0.4 is 11.1 Å². The van der Waals surface area contributed by atoms with Crippen LogP contribution in [0.4, 0.5) is 0 Å². The molecule has 1 aliphatic carbocycles. The van der Waals surface area contributed by atoms with Crippen LogP contribution >= 0.6 is 0 Å². The summed E-state index contributed by atoms with van der Waals surface area (Å²) in [6.07, 6.45) is 5.37. The second-order valence-electron chi connectivity index (χ2n) is 6.03. The van der Waals surface area contributed by atoms with E-state index in [1.807, 2.05) is 0 Å². The number of carbonyl (C=O) groups is 1. The molecule has 0 aliphatic heterocycles. The minimum atomic E-state index is 0.225. The van der Waals surface area contributed by atoms with Crippen LogP contribution in [0.5, 0.6) is 0 Å². The molecule has 0 heterocycles. The molecule has 2 rings (SSSR count). The van der Waals surface area contributed by atoms with Gasteiger partial charge < -0.3 is 11.1 Å². The SMILES string of the molecule is CC1CCC(C(=O)NCc2ccc(CCN)cc2)CC1. The van der Waals surface area contributed by atoms with E-state index in [1.165, 1.54) is 18.4 Å². The van der Waals surface area contributed by atoms with E-state index < -0.39 is 0 Å². The lowest BCUT2D eigenvalue weighted by molar-refractivity contribution is -0.126. The first kappa shape index (κ1) is 15.0. The van der Waals surface area contributed by atoms with Crippen LogP contribution in [0.1, 0.15) is 43.7 Å². The zero-order valence-corrected chi connectivity index (χ0v) is 12.4. The van der Waals surface area contributed by atoms with Crippen molar-refractivity contribution < 1.29 is 4.79 Å². The molecule has 1 fully saturated rings. The number of hydrogen-bond donors (Lipinski definition) is 2. The van der Waals surface area contributed by atoms with Gasteiger partial charge in [0.05, 0.1) is 0 Å². The summed E-state index contributed by atoms with van der Waals surface area (Å²) in [5, 5.41) is 3.07. The number of amides is 1. The number of nitrogens with one attached hydrogen (secondary N) is 1. The lowest BCUT2D eigenvalue weighted by atomic mass is 9.82. The Morgan fingerprint density at radius 2 is 1.75 bits per heavy atom. The number of hydrogen-bond acceptors (Lipinski definition) is 2. The Morgan fingerprint density at radius 3 is 2.35 bits per heavy atom. The first-order chi connectivity index (χ1) is 9.69. The van der Waals surface area contributed by atoms with Crippen molar-refractivity contribution in [3.05, 3.63) is 35.4 Å². The van der Waals surface area contributed by atoms with Crippen molar-refractivity contribution in [1.82, 2.24) is 5.32 Å². The third-order valence-corrected chi connectivity index (χ3v) is 4.31. The highest BCUT2D eigenvalue weighted by Gasteiger charge is 2.23. The van der Waals surface area contributed by atoms with Crippen LogP contribution in [-0.2, 0) is 17.8 Å². The van der Waals surface area contributed by atoms with Gasteiger partial charge in [-0.3, -0.25) is 4.79 Å². The highest BCUT2D eigenvalue weighted by Crippen LogP contribution is 2.28. The number of rotatable bonds is 5. The van der Waals surface area contributed by atoms with Crippen molar-refractivity contribution >= 4 is 5.91 Å². The smallest absolute Gasteiger partial charge is 0.223 e. The van der Waals surface area contributed by atoms with Crippen LogP contribution in [-0.4, -0.2) is 12.5 Å². The summed E-state index contributed by atoms with van der Waals surface area (Å²) >= 11 is 0. The zero-order chi connectivity index (χ0) is 14.4. The van der Waals surface area contributed by atoms with Crippen LogP contribution in [0.2, 0.25) is 0 Å². The Morgan fingerprint density at radius 1 is 1.15 bits per heavy atom. The molecule has 110 valence electrons. The van der Waals surface area contributed by atoms with Gasteiger partial charge in [0, 0.05) is 12.5 Å². The van der Waals surface area contributed by atoms with Gasteiger partial charge in [0.15, 0.2) is 0 Å². The Balaban J connectivity index is 1.78. The van der Waals surface area contributed by atoms with Gasteiger partial charge in [-0.25, -0.2) is 0 Å². The second-order valence-corrected chi connectivity index (χ2v) is 6.03. The van der Waals surface area contributed by atoms with Crippen molar-refractivity contribution in [2.24, 2.45) is 17.6 Å². The minimum Gasteiger partial charge on any atom is -0.352 e. The maximum Gasteiger partial charge on any atom is 0.223 e. The van der Waals surface area contributed by atoms with Gasteiger partial charge in [-0.05, 0) is 55.7 Å². The number of nitrogens with two attached hydrogens (primary N) is 1. The van der Waals surface area contributed by atoms with Crippen LogP contribution in [0.25, 0.3) is 0 Å². The van der Waals surface area contributed by atoms with E-state index in [-0.39, 0.29) is 11.8 Å². The average molecular weight is 274 g/mol. The zero-order valence-electron chi connectivity index (χ0n) is 12.4. The molecule has 3 nitrogen and oxygen atoms in total. The summed E-state index contributed by atoms with van der Waals surface area (Å²) in [6.45, 7) is 3.58. The monoisotopic (exact) mass is 274 g/mol. The molecule has 20 heavy (non-hydrogen) atoms. The highest BCUT2D eigenvalue weighted by molar-refractivity contribution is 5.78. The summed E-state index contributed by atoms with van der Waals surface area (Å²) in [6, 6.07) is 8.34. The number of carbonyl (C=O) groups excluding carboxylic acids is 1. The topological polar surface area (TPSA) is 55.1 Å². The Kier molecular flexibility index (Phi) is 5.60. The highest BCUT2D eigenvalue weighted by atomic mass is 16.1. The molecule has 0 radical (unpaired) electrons. The molecule has 1 aromatic carbocycles. The molecular weight excluding hydrogens is 248 g/mol. The van der Waals surface area contributed by atoms with Gasteiger partial charge in [0.25, 0.3) is 0 Å². The fourth-order valence-electron chi connectivity index (χ4n) is 2.85.